The van der Waals surface area contributed by atoms with Crippen molar-refractivity contribution in [3.05, 3.63) is 30.2 Å². The Labute approximate surface area is 156 Å². The number of carbonyl (C=O) groups is 1. The fourth-order valence-electron chi connectivity index (χ4n) is 3.63. The molecular formula is C19H21N7O. The van der Waals surface area contributed by atoms with Gasteiger partial charge in [-0.3, -0.25) is 9.89 Å². The zero-order chi connectivity index (χ0) is 18.8. The first-order valence-electron chi connectivity index (χ1n) is 9.05. The summed E-state index contributed by atoms with van der Waals surface area (Å²) < 4.78 is 0. The number of H-pyrrole nitrogens is 2. The van der Waals surface area contributed by atoms with E-state index in [2.05, 4.69) is 25.5 Å². The molecule has 1 aliphatic rings. The van der Waals surface area contributed by atoms with Gasteiger partial charge in [0.1, 0.15) is 12.1 Å². The largest absolute Gasteiger partial charge is 0.379 e. The Bertz CT molecular complexity index is 1010. The number of carbonyl (C=O) groups excluding carboxylic acids is 1. The zero-order valence-electron chi connectivity index (χ0n) is 15.1. The lowest BCUT2D eigenvalue weighted by molar-refractivity contribution is -0.131. The first-order chi connectivity index (χ1) is 13.2. The Morgan fingerprint density at radius 2 is 2.41 bits per heavy atom. The lowest BCUT2D eigenvalue weighted by atomic mass is 10.0. The molecule has 8 nitrogen and oxygen atoms in total. The first-order valence-corrected chi connectivity index (χ1v) is 9.05. The van der Waals surface area contributed by atoms with Gasteiger partial charge >= 0.3 is 0 Å². The van der Waals surface area contributed by atoms with Crippen molar-refractivity contribution in [3.8, 4) is 17.3 Å². The predicted octanol–water partition coefficient (Wildman–Crippen LogP) is 2.58. The highest BCUT2D eigenvalue weighted by atomic mass is 16.2. The minimum atomic E-state index is -0.102. The van der Waals surface area contributed by atoms with Gasteiger partial charge < -0.3 is 15.2 Å². The molecule has 0 spiro atoms. The molecule has 1 atom stereocenters. The van der Waals surface area contributed by atoms with Crippen LogP contribution in [0.4, 0.5) is 5.69 Å². The van der Waals surface area contributed by atoms with E-state index >= 15 is 0 Å². The van der Waals surface area contributed by atoms with Gasteiger partial charge in [0, 0.05) is 42.5 Å². The fourth-order valence-corrected chi connectivity index (χ4v) is 3.63. The number of aromatic amines is 2. The summed E-state index contributed by atoms with van der Waals surface area (Å²) in [5.41, 5.74) is 4.55. The molecule has 3 aromatic rings. The number of nitrogens with one attached hydrogen (secondary N) is 3. The summed E-state index contributed by atoms with van der Waals surface area (Å²) in [6, 6.07) is 6.05. The molecule has 0 bridgehead atoms. The first kappa shape index (κ1) is 17.1. The summed E-state index contributed by atoms with van der Waals surface area (Å²) in [6.45, 7) is 3.24. The van der Waals surface area contributed by atoms with Gasteiger partial charge in [-0.25, -0.2) is 4.98 Å². The van der Waals surface area contributed by atoms with Crippen LogP contribution < -0.4 is 5.32 Å². The van der Waals surface area contributed by atoms with Crippen LogP contribution in [-0.4, -0.2) is 50.1 Å². The Morgan fingerprint density at radius 1 is 1.52 bits per heavy atom. The molecule has 3 aromatic heterocycles. The van der Waals surface area contributed by atoms with Crippen LogP contribution in [0.2, 0.25) is 0 Å². The van der Waals surface area contributed by atoms with E-state index in [1.165, 1.54) is 0 Å². The van der Waals surface area contributed by atoms with Gasteiger partial charge in [0.05, 0.1) is 23.1 Å². The van der Waals surface area contributed by atoms with Crippen LogP contribution in [-0.2, 0) is 4.79 Å². The van der Waals surface area contributed by atoms with Gasteiger partial charge in [0.25, 0.3) is 0 Å². The molecule has 0 unspecified atom stereocenters. The van der Waals surface area contributed by atoms with E-state index in [-0.39, 0.29) is 18.4 Å². The number of nitrogens with zero attached hydrogens (tertiary/aromatic N) is 4. The molecule has 1 aliphatic heterocycles. The van der Waals surface area contributed by atoms with E-state index in [0.29, 0.717) is 13.1 Å². The third-order valence-electron chi connectivity index (χ3n) is 4.94. The van der Waals surface area contributed by atoms with Crippen LogP contribution in [0, 0.1) is 18.3 Å². The molecule has 0 aliphatic carbocycles. The molecule has 4 rings (SSSR count). The van der Waals surface area contributed by atoms with Gasteiger partial charge in [-0.15, -0.1) is 0 Å². The van der Waals surface area contributed by atoms with Gasteiger partial charge in [0.15, 0.2) is 0 Å². The topological polar surface area (TPSA) is 113 Å². The number of piperidine rings is 1. The standard InChI is InChI=1S/C19H21N7O/c1-12-9-16(25-24-12)15-10-22-19-14(5-7-21-19)18(15)23-13-3-2-8-26(11-13)17(27)4-6-20/h5,7,9-10,13H,2-4,8,11H2,1H3,(H,24,25)(H2,21,22,23)/t13-/m1/s1. The van der Waals surface area contributed by atoms with Crippen molar-refractivity contribution in [2.45, 2.75) is 32.2 Å². The summed E-state index contributed by atoms with van der Waals surface area (Å²) in [7, 11) is 0. The number of aryl methyl sites for hydroxylation is 1. The number of hydrogen-bond donors (Lipinski definition) is 3. The molecule has 1 amide bonds. The third-order valence-corrected chi connectivity index (χ3v) is 4.94. The van der Waals surface area contributed by atoms with Crippen LogP contribution in [0.5, 0.6) is 0 Å². The summed E-state index contributed by atoms with van der Waals surface area (Å²) in [4.78, 5) is 21.5. The second kappa shape index (κ2) is 7.11. The summed E-state index contributed by atoms with van der Waals surface area (Å²) in [6.07, 6.45) is 5.51. The Kier molecular flexibility index (Phi) is 4.50. The molecule has 138 valence electrons. The number of aromatic nitrogens is 4. The van der Waals surface area contributed by atoms with Crippen LogP contribution in [0.3, 0.4) is 0 Å². The number of nitriles is 1. The number of hydrogen-bond acceptors (Lipinski definition) is 5. The number of anilines is 1. The molecule has 3 N–H and O–H groups in total. The Morgan fingerprint density at radius 3 is 3.19 bits per heavy atom. The highest BCUT2D eigenvalue weighted by Crippen LogP contribution is 2.34. The third kappa shape index (κ3) is 3.36. The van der Waals surface area contributed by atoms with Gasteiger partial charge in [0.2, 0.25) is 5.91 Å². The predicted molar refractivity (Wildman–Crippen MR) is 102 cm³/mol. The monoisotopic (exact) mass is 363 g/mol. The number of likely N-dealkylation sites (tertiary alicyclic amines) is 1. The lowest BCUT2D eigenvalue weighted by Crippen LogP contribution is -2.45. The molecule has 4 heterocycles. The number of pyridine rings is 1. The summed E-state index contributed by atoms with van der Waals surface area (Å²) in [5.74, 6) is -0.102. The second-order valence-corrected chi connectivity index (χ2v) is 6.87. The van der Waals surface area contributed by atoms with E-state index in [1.807, 2.05) is 37.5 Å². The highest BCUT2D eigenvalue weighted by molar-refractivity contribution is 5.97. The number of amides is 1. The fraction of sp³-hybridized carbons (Fsp3) is 0.368. The molecule has 27 heavy (non-hydrogen) atoms. The second-order valence-electron chi connectivity index (χ2n) is 6.87. The molecule has 1 saturated heterocycles. The quantitative estimate of drug-likeness (QED) is 0.659. The Balaban J connectivity index is 1.65. The summed E-state index contributed by atoms with van der Waals surface area (Å²) >= 11 is 0. The molecular weight excluding hydrogens is 342 g/mol. The smallest absolute Gasteiger partial charge is 0.236 e. The van der Waals surface area contributed by atoms with Crippen molar-refractivity contribution in [1.82, 2.24) is 25.1 Å². The normalized spacial score (nSPS) is 17.0. The molecule has 8 heteroatoms. The van der Waals surface area contributed by atoms with Crippen molar-refractivity contribution in [3.63, 3.8) is 0 Å². The van der Waals surface area contributed by atoms with Crippen LogP contribution >= 0.6 is 0 Å². The van der Waals surface area contributed by atoms with Crippen molar-refractivity contribution in [2.75, 3.05) is 18.4 Å². The molecule has 0 saturated carbocycles. The van der Waals surface area contributed by atoms with E-state index in [0.717, 1.165) is 46.5 Å². The van der Waals surface area contributed by atoms with Crippen LogP contribution in [0.15, 0.2) is 24.5 Å². The molecule has 1 fully saturated rings. The average molecular weight is 363 g/mol. The maximum absolute atomic E-state index is 12.1. The van der Waals surface area contributed by atoms with Crippen molar-refractivity contribution < 1.29 is 4.79 Å². The number of rotatable bonds is 4. The maximum atomic E-state index is 12.1. The minimum absolute atomic E-state index is 0.0668. The van der Waals surface area contributed by atoms with E-state index in [1.54, 1.807) is 4.90 Å². The summed E-state index contributed by atoms with van der Waals surface area (Å²) in [5, 5.41) is 20.7. The van der Waals surface area contributed by atoms with E-state index < -0.39 is 0 Å². The van der Waals surface area contributed by atoms with Crippen LogP contribution in [0.25, 0.3) is 22.3 Å². The Hall–Kier alpha value is -3.34. The SMILES string of the molecule is Cc1cc(-c2cnc3[nH]ccc3c2N[C@@H]2CCCN(C(=O)CC#N)C2)[nH]n1. The maximum Gasteiger partial charge on any atom is 0.236 e. The lowest BCUT2D eigenvalue weighted by Gasteiger charge is -2.33. The van der Waals surface area contributed by atoms with Crippen molar-refractivity contribution in [1.29, 1.82) is 5.26 Å². The van der Waals surface area contributed by atoms with Gasteiger partial charge in [-0.05, 0) is 31.9 Å². The molecule has 0 aromatic carbocycles. The van der Waals surface area contributed by atoms with E-state index in [4.69, 9.17) is 5.26 Å². The molecule has 0 radical (unpaired) electrons. The highest BCUT2D eigenvalue weighted by Gasteiger charge is 2.25. The van der Waals surface area contributed by atoms with Crippen LogP contribution in [0.1, 0.15) is 25.0 Å². The zero-order valence-corrected chi connectivity index (χ0v) is 15.1. The average Bonchev–Trinajstić information content (AvgIpc) is 3.31. The van der Waals surface area contributed by atoms with Gasteiger partial charge in [-0.1, -0.05) is 0 Å². The van der Waals surface area contributed by atoms with E-state index in [9.17, 15) is 4.79 Å². The van der Waals surface area contributed by atoms with Crippen molar-refractivity contribution >= 4 is 22.6 Å². The van der Waals surface area contributed by atoms with Crippen molar-refractivity contribution in [2.24, 2.45) is 0 Å². The number of fused-ring (bicyclic) bond motifs is 1. The minimum Gasteiger partial charge on any atom is -0.379 e. The van der Waals surface area contributed by atoms with Gasteiger partial charge in [-0.2, -0.15) is 10.4 Å².